The van der Waals surface area contributed by atoms with E-state index in [-0.39, 0.29) is 17.5 Å². The third-order valence-electron chi connectivity index (χ3n) is 3.13. The Kier molecular flexibility index (Phi) is 4.70. The van der Waals surface area contributed by atoms with Gasteiger partial charge in [0.25, 0.3) is 5.91 Å². The van der Waals surface area contributed by atoms with Crippen molar-refractivity contribution in [2.75, 3.05) is 25.1 Å². The molecule has 0 spiro atoms. The monoisotopic (exact) mass is 351 g/mol. The summed E-state index contributed by atoms with van der Waals surface area (Å²) in [5, 5.41) is 0.569. The van der Waals surface area contributed by atoms with Gasteiger partial charge in [-0.25, -0.2) is 0 Å². The summed E-state index contributed by atoms with van der Waals surface area (Å²) in [6.45, 7) is 1.31. The van der Waals surface area contributed by atoms with Gasteiger partial charge in [0, 0.05) is 17.4 Å². The van der Waals surface area contributed by atoms with Gasteiger partial charge in [0.15, 0.2) is 0 Å². The van der Waals surface area contributed by atoms with E-state index in [0.29, 0.717) is 25.1 Å². The molecule has 0 N–H and O–H groups in total. The van der Waals surface area contributed by atoms with Gasteiger partial charge in [0.1, 0.15) is 0 Å². The Hall–Kier alpha value is -1.08. The van der Waals surface area contributed by atoms with Crippen molar-refractivity contribution in [3.8, 4) is 0 Å². The number of carbonyl (C=O) groups excluding carboxylic acids is 1. The third-order valence-corrected chi connectivity index (χ3v) is 3.87. The zero-order valence-corrected chi connectivity index (χ0v) is 12.1. The number of hydrogen-bond donors (Lipinski definition) is 0. The minimum Gasteiger partial charge on any atom is -0.377 e. The van der Waals surface area contributed by atoms with Gasteiger partial charge >= 0.3 is 6.18 Å². The van der Waals surface area contributed by atoms with Crippen LogP contribution in [0.15, 0.2) is 24.3 Å². The fraction of sp³-hybridized carbons (Fsp3) is 0.462. The second kappa shape index (κ2) is 6.13. The SMILES string of the molecule is O=C(c1ccc(C(F)(F)F)cc1)N1CCOCC1CBr. The van der Waals surface area contributed by atoms with Crippen molar-refractivity contribution in [2.24, 2.45) is 0 Å². The van der Waals surface area contributed by atoms with Crippen molar-refractivity contribution in [1.82, 2.24) is 4.90 Å². The Morgan fingerprint density at radius 3 is 2.55 bits per heavy atom. The Labute approximate surface area is 122 Å². The fourth-order valence-electron chi connectivity index (χ4n) is 2.02. The van der Waals surface area contributed by atoms with Crippen molar-refractivity contribution in [3.63, 3.8) is 0 Å². The highest BCUT2D eigenvalue weighted by Crippen LogP contribution is 2.29. The summed E-state index contributed by atoms with van der Waals surface area (Å²) in [5.41, 5.74) is -0.501. The third kappa shape index (κ3) is 3.32. The Balaban J connectivity index is 2.16. The average Bonchev–Trinajstić information content (AvgIpc) is 2.45. The van der Waals surface area contributed by atoms with Crippen molar-refractivity contribution >= 4 is 21.8 Å². The lowest BCUT2D eigenvalue weighted by atomic mass is 10.1. The molecule has 0 aromatic heterocycles. The summed E-state index contributed by atoms with van der Waals surface area (Å²) in [4.78, 5) is 13.9. The number of ether oxygens (including phenoxy) is 1. The van der Waals surface area contributed by atoms with Gasteiger partial charge in [0.2, 0.25) is 0 Å². The lowest BCUT2D eigenvalue weighted by molar-refractivity contribution is -0.137. The lowest BCUT2D eigenvalue weighted by Gasteiger charge is -2.34. The molecule has 1 aliphatic rings. The van der Waals surface area contributed by atoms with Crippen LogP contribution in [0.5, 0.6) is 0 Å². The second-order valence-electron chi connectivity index (χ2n) is 4.46. The van der Waals surface area contributed by atoms with E-state index in [0.717, 1.165) is 12.1 Å². The van der Waals surface area contributed by atoms with Crippen molar-refractivity contribution in [2.45, 2.75) is 12.2 Å². The molecule has 7 heteroatoms. The van der Waals surface area contributed by atoms with Crippen molar-refractivity contribution in [1.29, 1.82) is 0 Å². The summed E-state index contributed by atoms with van der Waals surface area (Å²) in [6, 6.07) is 4.18. The van der Waals surface area contributed by atoms with Gasteiger partial charge in [-0.05, 0) is 24.3 Å². The van der Waals surface area contributed by atoms with Gasteiger partial charge in [0.05, 0.1) is 24.8 Å². The Bertz CT molecular complexity index is 475. The van der Waals surface area contributed by atoms with Crippen molar-refractivity contribution < 1.29 is 22.7 Å². The highest BCUT2D eigenvalue weighted by atomic mass is 79.9. The van der Waals surface area contributed by atoms with Crippen LogP contribution in [-0.4, -0.2) is 41.9 Å². The number of morpholine rings is 1. The molecule has 1 saturated heterocycles. The average molecular weight is 352 g/mol. The summed E-state index contributed by atoms with van der Waals surface area (Å²) in [6.07, 6.45) is -4.39. The predicted octanol–water partition coefficient (Wildman–Crippen LogP) is 2.94. The molecule has 2 rings (SSSR count). The second-order valence-corrected chi connectivity index (χ2v) is 5.10. The number of amides is 1. The van der Waals surface area contributed by atoms with Gasteiger partial charge in [-0.3, -0.25) is 4.79 Å². The summed E-state index contributed by atoms with van der Waals surface area (Å²) < 4.78 is 42.7. The molecule has 1 fully saturated rings. The van der Waals surface area contributed by atoms with Crippen LogP contribution >= 0.6 is 15.9 Å². The molecule has 0 radical (unpaired) electrons. The lowest BCUT2D eigenvalue weighted by Crippen LogP contribution is -2.49. The van der Waals surface area contributed by atoms with Crippen LogP contribution in [0.1, 0.15) is 15.9 Å². The normalized spacial score (nSPS) is 20.0. The zero-order valence-electron chi connectivity index (χ0n) is 10.5. The molecule has 0 aliphatic carbocycles. The van der Waals surface area contributed by atoms with E-state index >= 15 is 0 Å². The first-order valence-corrected chi connectivity index (χ1v) is 7.17. The first-order valence-electron chi connectivity index (χ1n) is 6.05. The summed E-state index contributed by atoms with van der Waals surface area (Å²) in [7, 11) is 0. The van der Waals surface area contributed by atoms with Crippen LogP contribution in [0.3, 0.4) is 0 Å². The molecule has 0 bridgehead atoms. The molecule has 20 heavy (non-hydrogen) atoms. The molecule has 1 unspecified atom stereocenters. The summed E-state index contributed by atoms with van der Waals surface area (Å²) >= 11 is 3.31. The Morgan fingerprint density at radius 2 is 2.00 bits per heavy atom. The Morgan fingerprint density at radius 1 is 1.35 bits per heavy atom. The van der Waals surface area contributed by atoms with E-state index in [1.165, 1.54) is 12.1 Å². The number of nitrogens with zero attached hydrogens (tertiary/aromatic N) is 1. The quantitative estimate of drug-likeness (QED) is 0.766. The fourth-order valence-corrected chi connectivity index (χ4v) is 2.55. The first-order chi connectivity index (χ1) is 9.43. The number of alkyl halides is 4. The standard InChI is InChI=1S/C13H13BrF3NO2/c14-7-11-8-20-6-5-18(11)12(19)9-1-3-10(4-2-9)13(15,16)17/h1-4,11H,5-8H2. The van der Waals surface area contributed by atoms with E-state index in [2.05, 4.69) is 15.9 Å². The van der Waals surface area contributed by atoms with E-state index in [1.54, 1.807) is 4.90 Å². The molecule has 3 nitrogen and oxygen atoms in total. The smallest absolute Gasteiger partial charge is 0.377 e. The van der Waals surface area contributed by atoms with Gasteiger partial charge in [-0.2, -0.15) is 13.2 Å². The molecule has 1 amide bonds. The number of benzene rings is 1. The van der Waals surface area contributed by atoms with Crippen LogP contribution in [0, 0.1) is 0 Å². The van der Waals surface area contributed by atoms with Crippen LogP contribution in [0.25, 0.3) is 0 Å². The highest BCUT2D eigenvalue weighted by molar-refractivity contribution is 9.09. The minimum absolute atomic E-state index is 0.0986. The molecular weight excluding hydrogens is 339 g/mol. The van der Waals surface area contributed by atoms with E-state index < -0.39 is 11.7 Å². The molecule has 1 aromatic rings. The molecule has 1 aliphatic heterocycles. The molecule has 110 valence electrons. The largest absolute Gasteiger partial charge is 0.416 e. The van der Waals surface area contributed by atoms with E-state index in [9.17, 15) is 18.0 Å². The predicted molar refractivity (Wildman–Crippen MR) is 70.9 cm³/mol. The van der Waals surface area contributed by atoms with Gasteiger partial charge in [-0.1, -0.05) is 15.9 Å². The maximum absolute atomic E-state index is 12.5. The summed E-state index contributed by atoms with van der Waals surface area (Å²) in [5.74, 6) is -0.272. The van der Waals surface area contributed by atoms with Crippen LogP contribution in [0.2, 0.25) is 0 Å². The molecule has 1 aromatic carbocycles. The molecule has 0 saturated carbocycles. The van der Waals surface area contributed by atoms with Crippen molar-refractivity contribution in [3.05, 3.63) is 35.4 Å². The number of hydrogen-bond acceptors (Lipinski definition) is 2. The van der Waals surface area contributed by atoms with Gasteiger partial charge < -0.3 is 9.64 Å². The van der Waals surface area contributed by atoms with Crippen LogP contribution in [0.4, 0.5) is 13.2 Å². The molecule has 1 atom stereocenters. The molecular formula is C13H13BrF3NO2. The zero-order chi connectivity index (χ0) is 14.8. The maximum atomic E-state index is 12.5. The number of carbonyl (C=O) groups is 1. The topological polar surface area (TPSA) is 29.5 Å². The number of halogens is 4. The highest BCUT2D eigenvalue weighted by Gasteiger charge is 2.31. The first kappa shape index (κ1) is 15.3. The minimum atomic E-state index is -4.39. The van der Waals surface area contributed by atoms with Crippen LogP contribution < -0.4 is 0 Å². The van der Waals surface area contributed by atoms with E-state index in [1.807, 2.05) is 0 Å². The van der Waals surface area contributed by atoms with E-state index in [4.69, 9.17) is 4.74 Å². The van der Waals surface area contributed by atoms with Gasteiger partial charge in [-0.15, -0.1) is 0 Å². The maximum Gasteiger partial charge on any atom is 0.416 e. The van der Waals surface area contributed by atoms with Crippen LogP contribution in [-0.2, 0) is 10.9 Å². The number of rotatable bonds is 2. The molecule has 1 heterocycles.